The first kappa shape index (κ1) is 23.6. The molecule has 0 saturated carbocycles. The summed E-state index contributed by atoms with van der Waals surface area (Å²) in [6.45, 7) is 0.570. The van der Waals surface area contributed by atoms with Crippen LogP contribution in [-0.2, 0) is 38.8 Å². The third kappa shape index (κ3) is 6.48. The summed E-state index contributed by atoms with van der Waals surface area (Å²) in [6.07, 6.45) is -4.19. The van der Waals surface area contributed by atoms with Crippen molar-refractivity contribution in [2.45, 2.75) is 50.5 Å². The highest BCUT2D eigenvalue weighted by atomic mass is 16.7. The summed E-state index contributed by atoms with van der Waals surface area (Å²) in [5.41, 5.74) is 2.91. The van der Waals surface area contributed by atoms with Gasteiger partial charge in [-0.05, 0) is 16.7 Å². The van der Waals surface area contributed by atoms with Crippen LogP contribution in [0.15, 0.2) is 91.0 Å². The molecule has 0 radical (unpaired) electrons. The quantitative estimate of drug-likeness (QED) is 0.493. The maximum absolute atomic E-state index is 11.1. The van der Waals surface area contributed by atoms with E-state index >= 15 is 0 Å². The minimum Gasteiger partial charge on any atom is -0.394 e. The lowest BCUT2D eigenvalue weighted by Gasteiger charge is -2.43. The van der Waals surface area contributed by atoms with Crippen molar-refractivity contribution in [3.63, 3.8) is 0 Å². The molecule has 3 aromatic carbocycles. The summed E-state index contributed by atoms with van der Waals surface area (Å²) in [5, 5.41) is 21.2. The highest BCUT2D eigenvalue weighted by Crippen LogP contribution is 2.29. The molecule has 1 aliphatic heterocycles. The number of rotatable bonds is 10. The van der Waals surface area contributed by atoms with E-state index in [1.165, 1.54) is 0 Å². The summed E-state index contributed by atoms with van der Waals surface area (Å²) >= 11 is 0. The molecule has 0 bridgehead atoms. The fourth-order valence-corrected chi connectivity index (χ4v) is 3.86. The van der Waals surface area contributed by atoms with Crippen LogP contribution in [0, 0.1) is 0 Å². The van der Waals surface area contributed by atoms with Gasteiger partial charge in [-0.15, -0.1) is 0 Å². The van der Waals surface area contributed by atoms with Gasteiger partial charge < -0.3 is 29.2 Å². The van der Waals surface area contributed by atoms with Crippen LogP contribution in [0.25, 0.3) is 0 Å². The fraction of sp³-hybridized carbons (Fsp3) is 0.333. The van der Waals surface area contributed by atoms with Gasteiger partial charge >= 0.3 is 0 Å². The van der Waals surface area contributed by atoms with E-state index in [1.807, 2.05) is 91.0 Å². The Bertz CT molecular complexity index is 937. The Morgan fingerprint density at radius 1 is 0.606 bits per heavy atom. The van der Waals surface area contributed by atoms with Crippen LogP contribution in [0.1, 0.15) is 16.7 Å². The number of aliphatic hydroxyl groups is 2. The number of aliphatic hydroxyl groups excluding tert-OH is 2. The van der Waals surface area contributed by atoms with Gasteiger partial charge in [-0.25, -0.2) is 0 Å². The average molecular weight is 451 g/mol. The molecule has 0 aliphatic carbocycles. The van der Waals surface area contributed by atoms with Gasteiger partial charge in [0.2, 0.25) is 0 Å². The Kier molecular flexibility index (Phi) is 8.60. The van der Waals surface area contributed by atoms with E-state index in [-0.39, 0.29) is 19.8 Å². The summed E-state index contributed by atoms with van der Waals surface area (Å²) in [4.78, 5) is 0. The smallest absolute Gasteiger partial charge is 0.187 e. The van der Waals surface area contributed by atoms with E-state index in [2.05, 4.69) is 0 Å². The highest BCUT2D eigenvalue weighted by molar-refractivity contribution is 5.15. The molecular weight excluding hydrogens is 420 g/mol. The lowest BCUT2D eigenvalue weighted by atomic mass is 9.98. The molecule has 6 nitrogen and oxygen atoms in total. The first-order valence-corrected chi connectivity index (χ1v) is 11.2. The Morgan fingerprint density at radius 2 is 1.03 bits per heavy atom. The van der Waals surface area contributed by atoms with Gasteiger partial charge in [0.05, 0.1) is 26.4 Å². The summed E-state index contributed by atoms with van der Waals surface area (Å²) in [6, 6.07) is 29.1. The van der Waals surface area contributed by atoms with Gasteiger partial charge in [-0.3, -0.25) is 0 Å². The van der Waals surface area contributed by atoms with Crippen molar-refractivity contribution >= 4 is 0 Å². The molecule has 6 heteroatoms. The summed E-state index contributed by atoms with van der Waals surface area (Å²) in [7, 11) is 0. The Morgan fingerprint density at radius 3 is 1.48 bits per heavy atom. The molecule has 1 aliphatic rings. The molecule has 0 aromatic heterocycles. The molecule has 1 heterocycles. The molecule has 4 rings (SSSR count). The molecule has 174 valence electrons. The molecule has 0 amide bonds. The van der Waals surface area contributed by atoms with Crippen molar-refractivity contribution in [2.24, 2.45) is 0 Å². The van der Waals surface area contributed by atoms with Crippen molar-refractivity contribution in [2.75, 3.05) is 6.61 Å². The van der Waals surface area contributed by atoms with Crippen LogP contribution in [0.5, 0.6) is 0 Å². The molecule has 1 fully saturated rings. The van der Waals surface area contributed by atoms with Crippen molar-refractivity contribution in [1.82, 2.24) is 0 Å². The van der Waals surface area contributed by atoms with Gasteiger partial charge in [0, 0.05) is 0 Å². The second kappa shape index (κ2) is 12.0. The van der Waals surface area contributed by atoms with E-state index in [4.69, 9.17) is 18.9 Å². The van der Waals surface area contributed by atoms with Crippen molar-refractivity contribution in [3.8, 4) is 0 Å². The summed E-state index contributed by atoms with van der Waals surface area (Å²) in [5.74, 6) is 0. The maximum Gasteiger partial charge on any atom is 0.187 e. The van der Waals surface area contributed by atoms with Crippen molar-refractivity contribution < 1.29 is 29.2 Å². The van der Waals surface area contributed by atoms with Crippen molar-refractivity contribution in [1.29, 1.82) is 0 Å². The minimum absolute atomic E-state index is 0.266. The number of hydrogen-bond donors (Lipinski definition) is 2. The normalized spacial score (nSPS) is 25.1. The van der Waals surface area contributed by atoms with Gasteiger partial charge in [0.15, 0.2) is 6.29 Å². The lowest BCUT2D eigenvalue weighted by molar-refractivity contribution is -0.319. The minimum atomic E-state index is -1.10. The molecule has 2 N–H and O–H groups in total. The molecule has 33 heavy (non-hydrogen) atoms. The Hall–Kier alpha value is -2.58. The first-order valence-electron chi connectivity index (χ1n) is 11.2. The van der Waals surface area contributed by atoms with E-state index in [0.29, 0.717) is 6.61 Å². The Labute approximate surface area is 194 Å². The largest absolute Gasteiger partial charge is 0.394 e. The third-order valence-corrected chi connectivity index (χ3v) is 5.62. The van der Waals surface area contributed by atoms with Gasteiger partial charge in [0.25, 0.3) is 0 Å². The lowest BCUT2D eigenvalue weighted by Crippen LogP contribution is -2.60. The standard InChI is InChI=1S/C27H30O6/c28-16-23-25(30-17-20-10-4-1-5-11-20)26(31-18-21-12-6-2-7-13-21)24(29)27(33-23)32-19-22-14-8-3-9-15-22/h1-15,23-29H,16-19H2/t23-,24+,25-,26-,27+/m1/s1. The van der Waals surface area contributed by atoms with Crippen LogP contribution < -0.4 is 0 Å². The average Bonchev–Trinajstić information content (AvgIpc) is 2.88. The molecule has 0 unspecified atom stereocenters. The van der Waals surface area contributed by atoms with Gasteiger partial charge in [-0.2, -0.15) is 0 Å². The monoisotopic (exact) mass is 450 g/mol. The zero-order valence-electron chi connectivity index (χ0n) is 18.4. The third-order valence-electron chi connectivity index (χ3n) is 5.62. The fourth-order valence-electron chi connectivity index (χ4n) is 3.86. The van der Waals surface area contributed by atoms with Crippen LogP contribution in [0.4, 0.5) is 0 Å². The maximum atomic E-state index is 11.1. The van der Waals surface area contributed by atoms with Gasteiger partial charge in [0.1, 0.15) is 24.4 Å². The highest BCUT2D eigenvalue weighted by Gasteiger charge is 2.47. The second-order valence-corrected chi connectivity index (χ2v) is 8.04. The SMILES string of the molecule is OC[C@H]1O[C@H](OCc2ccccc2)[C@@H](O)[C@@H](OCc2ccccc2)[C@@H]1OCc1ccccc1. The molecule has 3 aromatic rings. The topological polar surface area (TPSA) is 77.4 Å². The molecule has 5 atom stereocenters. The van der Waals surface area contributed by atoms with Gasteiger partial charge in [-0.1, -0.05) is 91.0 Å². The van der Waals surface area contributed by atoms with Crippen LogP contribution in [-0.4, -0.2) is 47.5 Å². The first-order chi connectivity index (χ1) is 16.2. The molecule has 0 spiro atoms. The second-order valence-electron chi connectivity index (χ2n) is 8.04. The summed E-state index contributed by atoms with van der Waals surface area (Å²) < 4.78 is 24.1. The van der Waals surface area contributed by atoms with Crippen LogP contribution in [0.2, 0.25) is 0 Å². The number of benzene rings is 3. The zero-order chi connectivity index (χ0) is 22.9. The molecule has 1 saturated heterocycles. The Balaban J connectivity index is 1.48. The van der Waals surface area contributed by atoms with E-state index in [1.54, 1.807) is 0 Å². The number of ether oxygens (including phenoxy) is 4. The molecular formula is C27H30O6. The van der Waals surface area contributed by atoms with E-state index in [9.17, 15) is 10.2 Å². The van der Waals surface area contributed by atoms with E-state index < -0.39 is 30.7 Å². The predicted octanol–water partition coefficient (Wildman–Crippen LogP) is 3.45. The van der Waals surface area contributed by atoms with Crippen LogP contribution >= 0.6 is 0 Å². The van der Waals surface area contributed by atoms with E-state index in [0.717, 1.165) is 16.7 Å². The van der Waals surface area contributed by atoms with Crippen molar-refractivity contribution in [3.05, 3.63) is 108 Å². The zero-order valence-corrected chi connectivity index (χ0v) is 18.4. The predicted molar refractivity (Wildman–Crippen MR) is 123 cm³/mol. The van der Waals surface area contributed by atoms with Crippen LogP contribution in [0.3, 0.4) is 0 Å². The number of hydrogen-bond acceptors (Lipinski definition) is 6.